The van der Waals surface area contributed by atoms with E-state index in [2.05, 4.69) is 43.4 Å². The van der Waals surface area contributed by atoms with E-state index < -0.39 is 0 Å². The zero-order chi connectivity index (χ0) is 14.1. The summed E-state index contributed by atoms with van der Waals surface area (Å²) in [6.45, 7) is 5.30. The minimum absolute atomic E-state index is 0.201. The lowest BCUT2D eigenvalue weighted by atomic mass is 10.0. The molecule has 1 rings (SSSR count). The van der Waals surface area contributed by atoms with Crippen molar-refractivity contribution in [2.45, 2.75) is 52.0 Å². The quantitative estimate of drug-likeness (QED) is 0.672. The van der Waals surface area contributed by atoms with Crippen LogP contribution in [0.3, 0.4) is 0 Å². The minimum atomic E-state index is -0.201. The number of nitrogens with two attached hydrogens (primary N) is 1. The average molecular weight is 262 g/mol. The normalized spacial score (nSPS) is 12.3. The van der Waals surface area contributed by atoms with E-state index in [1.165, 1.54) is 11.1 Å². The van der Waals surface area contributed by atoms with Crippen molar-refractivity contribution in [3.05, 3.63) is 35.4 Å². The van der Waals surface area contributed by atoms with E-state index in [0.717, 1.165) is 32.2 Å². The Morgan fingerprint density at radius 3 is 2.84 bits per heavy atom. The summed E-state index contributed by atoms with van der Waals surface area (Å²) in [4.78, 5) is 10.6. The van der Waals surface area contributed by atoms with Gasteiger partial charge in [0.15, 0.2) is 0 Å². The predicted molar refractivity (Wildman–Crippen MR) is 80.0 cm³/mol. The highest BCUT2D eigenvalue weighted by Gasteiger charge is 2.02. The number of benzene rings is 1. The van der Waals surface area contributed by atoms with Gasteiger partial charge in [0.2, 0.25) is 5.91 Å². The number of amides is 1. The molecular formula is C16H26N2O. The molecule has 19 heavy (non-hydrogen) atoms. The van der Waals surface area contributed by atoms with Gasteiger partial charge in [-0.3, -0.25) is 4.79 Å². The molecule has 0 aliphatic rings. The van der Waals surface area contributed by atoms with Gasteiger partial charge in [0.25, 0.3) is 0 Å². The third-order valence-corrected chi connectivity index (χ3v) is 3.29. The fourth-order valence-corrected chi connectivity index (χ4v) is 2.13. The third-order valence-electron chi connectivity index (χ3n) is 3.29. The van der Waals surface area contributed by atoms with Crippen molar-refractivity contribution >= 4 is 5.91 Å². The highest BCUT2D eigenvalue weighted by atomic mass is 16.1. The lowest BCUT2D eigenvalue weighted by molar-refractivity contribution is -0.118. The second-order valence-corrected chi connectivity index (χ2v) is 5.31. The van der Waals surface area contributed by atoms with E-state index in [9.17, 15) is 4.79 Å². The van der Waals surface area contributed by atoms with Gasteiger partial charge in [0.05, 0.1) is 0 Å². The Morgan fingerprint density at radius 1 is 1.37 bits per heavy atom. The summed E-state index contributed by atoms with van der Waals surface area (Å²) >= 11 is 0. The SMILES string of the molecule is Cc1cccc(CCC(C)NCCCCC(N)=O)c1. The van der Waals surface area contributed by atoms with E-state index in [1.54, 1.807) is 0 Å². The molecule has 0 saturated heterocycles. The number of carbonyl (C=O) groups is 1. The first-order valence-corrected chi connectivity index (χ1v) is 7.15. The smallest absolute Gasteiger partial charge is 0.217 e. The number of primary amides is 1. The fraction of sp³-hybridized carbons (Fsp3) is 0.562. The van der Waals surface area contributed by atoms with Crippen LogP contribution in [0, 0.1) is 6.92 Å². The van der Waals surface area contributed by atoms with E-state index in [4.69, 9.17) is 5.73 Å². The van der Waals surface area contributed by atoms with Gasteiger partial charge in [0, 0.05) is 12.5 Å². The van der Waals surface area contributed by atoms with Crippen molar-refractivity contribution in [3.63, 3.8) is 0 Å². The maximum absolute atomic E-state index is 10.6. The molecule has 3 heteroatoms. The van der Waals surface area contributed by atoms with Gasteiger partial charge in [-0.05, 0) is 51.6 Å². The monoisotopic (exact) mass is 262 g/mol. The Balaban J connectivity index is 2.11. The summed E-state index contributed by atoms with van der Waals surface area (Å²) in [5.74, 6) is -0.201. The molecule has 0 aromatic heterocycles. The van der Waals surface area contributed by atoms with Gasteiger partial charge >= 0.3 is 0 Å². The molecule has 0 saturated carbocycles. The largest absolute Gasteiger partial charge is 0.370 e. The third kappa shape index (κ3) is 7.62. The number of hydrogen-bond acceptors (Lipinski definition) is 2. The molecule has 0 spiro atoms. The maximum Gasteiger partial charge on any atom is 0.217 e. The van der Waals surface area contributed by atoms with Gasteiger partial charge in [-0.25, -0.2) is 0 Å². The van der Waals surface area contributed by atoms with E-state index in [-0.39, 0.29) is 5.91 Å². The van der Waals surface area contributed by atoms with Crippen LogP contribution in [-0.4, -0.2) is 18.5 Å². The number of carbonyl (C=O) groups excluding carboxylic acids is 1. The first kappa shape index (κ1) is 15.7. The summed E-state index contributed by atoms with van der Waals surface area (Å²) in [6, 6.07) is 9.19. The molecule has 1 aromatic rings. The van der Waals surface area contributed by atoms with Crippen LogP contribution in [0.15, 0.2) is 24.3 Å². The van der Waals surface area contributed by atoms with Gasteiger partial charge < -0.3 is 11.1 Å². The molecule has 3 N–H and O–H groups in total. The van der Waals surface area contributed by atoms with Gasteiger partial charge in [-0.2, -0.15) is 0 Å². The molecule has 106 valence electrons. The summed E-state index contributed by atoms with van der Waals surface area (Å²) in [5, 5.41) is 3.49. The summed E-state index contributed by atoms with van der Waals surface area (Å²) in [5.41, 5.74) is 7.83. The van der Waals surface area contributed by atoms with Gasteiger partial charge in [-0.15, -0.1) is 0 Å². The molecule has 3 nitrogen and oxygen atoms in total. The highest BCUT2D eigenvalue weighted by Crippen LogP contribution is 2.08. The number of aryl methyl sites for hydroxylation is 2. The zero-order valence-electron chi connectivity index (χ0n) is 12.1. The van der Waals surface area contributed by atoms with Gasteiger partial charge in [-0.1, -0.05) is 29.8 Å². The Kier molecular flexibility index (Phi) is 7.19. The van der Waals surface area contributed by atoms with Crippen LogP contribution in [0.2, 0.25) is 0 Å². The van der Waals surface area contributed by atoms with Crippen molar-refractivity contribution in [1.82, 2.24) is 5.32 Å². The molecule has 0 bridgehead atoms. The number of unbranched alkanes of at least 4 members (excludes halogenated alkanes) is 1. The van der Waals surface area contributed by atoms with Crippen LogP contribution in [0.4, 0.5) is 0 Å². The molecule has 0 radical (unpaired) electrons. The second-order valence-electron chi connectivity index (χ2n) is 5.31. The molecular weight excluding hydrogens is 236 g/mol. The van der Waals surface area contributed by atoms with Crippen LogP contribution in [0.5, 0.6) is 0 Å². The maximum atomic E-state index is 10.6. The predicted octanol–water partition coefficient (Wildman–Crippen LogP) is 2.56. The van der Waals surface area contributed by atoms with Crippen LogP contribution < -0.4 is 11.1 Å². The zero-order valence-corrected chi connectivity index (χ0v) is 12.1. The van der Waals surface area contributed by atoms with Crippen LogP contribution in [0.1, 0.15) is 43.7 Å². The lowest BCUT2D eigenvalue weighted by Crippen LogP contribution is -2.27. The number of hydrogen-bond donors (Lipinski definition) is 2. The molecule has 1 amide bonds. The van der Waals surface area contributed by atoms with Crippen molar-refractivity contribution < 1.29 is 4.79 Å². The number of nitrogens with one attached hydrogen (secondary N) is 1. The van der Waals surface area contributed by atoms with Crippen LogP contribution in [-0.2, 0) is 11.2 Å². The van der Waals surface area contributed by atoms with Crippen LogP contribution in [0.25, 0.3) is 0 Å². The number of rotatable bonds is 9. The summed E-state index contributed by atoms with van der Waals surface area (Å²) in [6.07, 6.45) is 4.64. The molecule has 1 unspecified atom stereocenters. The van der Waals surface area contributed by atoms with Crippen molar-refractivity contribution in [2.24, 2.45) is 5.73 Å². The average Bonchev–Trinajstić information content (AvgIpc) is 2.35. The molecule has 1 aromatic carbocycles. The standard InChI is InChI=1S/C16H26N2O/c1-13-6-5-7-15(12-13)10-9-14(2)18-11-4-3-8-16(17)19/h5-7,12,14,18H,3-4,8-11H2,1-2H3,(H2,17,19). The second kappa shape index (κ2) is 8.70. The van der Waals surface area contributed by atoms with Crippen molar-refractivity contribution in [2.75, 3.05) is 6.54 Å². The summed E-state index contributed by atoms with van der Waals surface area (Å²) < 4.78 is 0. The van der Waals surface area contributed by atoms with Gasteiger partial charge in [0.1, 0.15) is 0 Å². The Bertz CT molecular complexity index is 390. The lowest BCUT2D eigenvalue weighted by Gasteiger charge is -2.13. The van der Waals surface area contributed by atoms with E-state index in [1.807, 2.05) is 0 Å². The molecule has 0 heterocycles. The van der Waals surface area contributed by atoms with E-state index >= 15 is 0 Å². The first-order chi connectivity index (χ1) is 9.08. The molecule has 1 atom stereocenters. The fourth-order valence-electron chi connectivity index (χ4n) is 2.13. The Morgan fingerprint density at radius 2 is 2.16 bits per heavy atom. The van der Waals surface area contributed by atoms with Crippen molar-refractivity contribution in [3.8, 4) is 0 Å². The summed E-state index contributed by atoms with van der Waals surface area (Å²) in [7, 11) is 0. The molecule has 0 fully saturated rings. The Hall–Kier alpha value is -1.35. The molecule has 0 aliphatic heterocycles. The van der Waals surface area contributed by atoms with E-state index in [0.29, 0.717) is 12.5 Å². The highest BCUT2D eigenvalue weighted by molar-refractivity contribution is 5.73. The molecule has 0 aliphatic carbocycles. The minimum Gasteiger partial charge on any atom is -0.370 e. The van der Waals surface area contributed by atoms with Crippen LogP contribution >= 0.6 is 0 Å². The first-order valence-electron chi connectivity index (χ1n) is 7.15. The Labute approximate surface area is 116 Å². The topological polar surface area (TPSA) is 55.1 Å². The van der Waals surface area contributed by atoms with Crippen molar-refractivity contribution in [1.29, 1.82) is 0 Å².